The number of halogens is 4. The molecule has 1 aliphatic carbocycles. The van der Waals surface area contributed by atoms with Crippen LogP contribution in [0, 0.1) is 0 Å². The molecule has 0 N–H and O–H groups in total. The van der Waals surface area contributed by atoms with Gasteiger partial charge in [-0.3, -0.25) is 0 Å². The van der Waals surface area contributed by atoms with E-state index < -0.39 is 6.00 Å². The van der Waals surface area contributed by atoms with Crippen LogP contribution in [0.15, 0.2) is 28.7 Å². The van der Waals surface area contributed by atoms with Gasteiger partial charge in [0.25, 0.3) is 0 Å². The topological polar surface area (TPSA) is 9.23 Å². The van der Waals surface area contributed by atoms with Gasteiger partial charge in [0.2, 0.25) is 0 Å². The number of rotatable bonds is 6. The SMILES string of the molecule is Cl[Si](Cl)(Cl)CCCOC1CCC(c2ccc(Br)cc2)CC1. The zero-order valence-electron chi connectivity index (χ0n) is 11.8. The van der Waals surface area contributed by atoms with Crippen LogP contribution in [0.2, 0.25) is 6.04 Å². The minimum atomic E-state index is -2.47. The second-order valence-electron chi connectivity index (χ2n) is 5.61. The Hall–Kier alpha value is 0.747. The third-order valence-corrected chi connectivity index (χ3v) is 7.12. The Labute approximate surface area is 150 Å². The van der Waals surface area contributed by atoms with Crippen molar-refractivity contribution in [3.63, 3.8) is 0 Å². The number of ether oxygens (including phenoxy) is 1. The summed E-state index contributed by atoms with van der Waals surface area (Å²) < 4.78 is 7.06. The molecule has 1 aromatic rings. The molecule has 1 aliphatic rings. The number of benzene rings is 1. The lowest BCUT2D eigenvalue weighted by atomic mass is 9.83. The molecule has 0 saturated heterocycles. The molecule has 0 atom stereocenters. The van der Waals surface area contributed by atoms with Crippen molar-refractivity contribution in [2.24, 2.45) is 0 Å². The summed E-state index contributed by atoms with van der Waals surface area (Å²) in [6.45, 7) is 0.717. The maximum atomic E-state index is 5.92. The van der Waals surface area contributed by atoms with E-state index in [4.69, 9.17) is 38.0 Å². The molecule has 1 fully saturated rings. The second kappa shape index (κ2) is 8.56. The molecule has 1 nitrogen and oxygen atoms in total. The molecule has 0 unspecified atom stereocenters. The van der Waals surface area contributed by atoms with Crippen molar-refractivity contribution >= 4 is 55.2 Å². The molecular formula is C15H20BrCl3OSi. The Kier molecular flexibility index (Phi) is 7.37. The summed E-state index contributed by atoms with van der Waals surface area (Å²) in [5, 5.41) is 0. The molecule has 1 aromatic carbocycles. The van der Waals surface area contributed by atoms with Gasteiger partial charge in [-0.25, -0.2) is 0 Å². The number of hydrogen-bond donors (Lipinski definition) is 0. The fraction of sp³-hybridized carbons (Fsp3) is 0.600. The van der Waals surface area contributed by atoms with Gasteiger partial charge in [-0.1, -0.05) is 28.1 Å². The maximum Gasteiger partial charge on any atom is 0.341 e. The molecule has 2 rings (SSSR count). The van der Waals surface area contributed by atoms with Gasteiger partial charge >= 0.3 is 6.00 Å². The quantitative estimate of drug-likeness (QED) is 0.283. The molecule has 1 saturated carbocycles. The first-order valence-corrected chi connectivity index (χ1v) is 13.4. The Morgan fingerprint density at radius 3 is 2.24 bits per heavy atom. The molecule has 0 aromatic heterocycles. The highest BCUT2D eigenvalue weighted by Crippen LogP contribution is 2.34. The Bertz CT molecular complexity index is 428. The van der Waals surface area contributed by atoms with Gasteiger partial charge in [-0.15, -0.1) is 33.2 Å². The van der Waals surface area contributed by atoms with Crippen LogP contribution < -0.4 is 0 Å². The Balaban J connectivity index is 1.67. The van der Waals surface area contributed by atoms with Gasteiger partial charge in [0.1, 0.15) is 0 Å². The molecule has 6 heteroatoms. The van der Waals surface area contributed by atoms with Crippen LogP contribution in [0.5, 0.6) is 0 Å². The van der Waals surface area contributed by atoms with Gasteiger partial charge in [-0.05, 0) is 61.8 Å². The monoisotopic (exact) mass is 428 g/mol. The zero-order chi connectivity index (χ0) is 15.3. The molecule has 0 spiro atoms. The summed E-state index contributed by atoms with van der Waals surface area (Å²) in [6, 6.07) is 6.91. The lowest BCUT2D eigenvalue weighted by Crippen LogP contribution is -2.22. The first kappa shape index (κ1) is 18.1. The van der Waals surface area contributed by atoms with E-state index in [0.717, 1.165) is 23.7 Å². The zero-order valence-corrected chi connectivity index (χ0v) is 16.7. The summed E-state index contributed by atoms with van der Waals surface area (Å²) in [6.07, 6.45) is 5.90. The summed E-state index contributed by atoms with van der Waals surface area (Å²) in [5.74, 6) is 0.673. The lowest BCUT2D eigenvalue weighted by Gasteiger charge is -2.29. The highest BCUT2D eigenvalue weighted by atomic mass is 79.9. The van der Waals surface area contributed by atoms with Gasteiger partial charge in [0.05, 0.1) is 6.10 Å². The van der Waals surface area contributed by atoms with E-state index in [2.05, 4.69) is 40.2 Å². The Morgan fingerprint density at radius 2 is 1.67 bits per heavy atom. The summed E-state index contributed by atoms with van der Waals surface area (Å²) in [5.41, 5.74) is 1.44. The molecule has 0 heterocycles. The molecule has 0 amide bonds. The fourth-order valence-electron chi connectivity index (χ4n) is 2.82. The third-order valence-electron chi connectivity index (χ3n) is 3.97. The van der Waals surface area contributed by atoms with Gasteiger partial charge in [0, 0.05) is 11.1 Å². The van der Waals surface area contributed by atoms with Crippen molar-refractivity contribution in [2.45, 2.75) is 50.2 Å². The summed E-state index contributed by atoms with van der Waals surface area (Å²) >= 11 is 21.1. The van der Waals surface area contributed by atoms with E-state index >= 15 is 0 Å². The highest BCUT2D eigenvalue weighted by molar-refractivity contribution is 9.10. The van der Waals surface area contributed by atoms with E-state index in [1.807, 2.05) is 0 Å². The maximum absolute atomic E-state index is 5.92. The highest BCUT2D eigenvalue weighted by Gasteiger charge is 2.25. The predicted molar refractivity (Wildman–Crippen MR) is 97.8 cm³/mol. The average Bonchev–Trinajstić information content (AvgIpc) is 2.44. The average molecular weight is 431 g/mol. The molecule has 0 radical (unpaired) electrons. The predicted octanol–water partition coefficient (Wildman–Crippen LogP) is 6.54. The third kappa shape index (κ3) is 6.80. The lowest BCUT2D eigenvalue weighted by molar-refractivity contribution is 0.0251. The minimum absolute atomic E-state index is 0.383. The first-order valence-electron chi connectivity index (χ1n) is 7.38. The summed E-state index contributed by atoms with van der Waals surface area (Å²) in [4.78, 5) is 0. The van der Waals surface area contributed by atoms with Crippen molar-refractivity contribution in [3.05, 3.63) is 34.3 Å². The van der Waals surface area contributed by atoms with Crippen LogP contribution in [-0.4, -0.2) is 18.7 Å². The van der Waals surface area contributed by atoms with E-state index in [9.17, 15) is 0 Å². The van der Waals surface area contributed by atoms with Crippen molar-refractivity contribution in [3.8, 4) is 0 Å². The van der Waals surface area contributed by atoms with Crippen LogP contribution in [0.4, 0.5) is 0 Å². The smallest absolute Gasteiger partial charge is 0.341 e. The largest absolute Gasteiger partial charge is 0.378 e. The van der Waals surface area contributed by atoms with Gasteiger partial charge in [-0.2, -0.15) is 0 Å². The van der Waals surface area contributed by atoms with Gasteiger partial charge < -0.3 is 4.74 Å². The minimum Gasteiger partial charge on any atom is -0.378 e. The molecule has 21 heavy (non-hydrogen) atoms. The normalized spacial score (nSPS) is 23.2. The molecule has 0 bridgehead atoms. The van der Waals surface area contributed by atoms with Crippen LogP contribution >= 0.6 is 49.2 Å². The molecule has 0 aliphatic heterocycles. The van der Waals surface area contributed by atoms with Crippen LogP contribution in [0.3, 0.4) is 0 Å². The van der Waals surface area contributed by atoms with E-state index in [0.29, 0.717) is 24.7 Å². The standard InChI is InChI=1S/C15H20BrCl3OSi/c16-14-6-2-12(3-7-14)13-4-8-15(9-5-13)20-10-1-11-21(17,18)19/h2-3,6-7,13,15H,1,4-5,8-11H2. The van der Waals surface area contributed by atoms with E-state index in [1.165, 1.54) is 18.4 Å². The van der Waals surface area contributed by atoms with Crippen LogP contribution in [0.1, 0.15) is 43.6 Å². The second-order valence-corrected chi connectivity index (χ2v) is 15.8. The van der Waals surface area contributed by atoms with E-state index in [1.54, 1.807) is 0 Å². The Morgan fingerprint density at radius 1 is 1.05 bits per heavy atom. The fourth-order valence-corrected chi connectivity index (χ4v) is 4.83. The first-order chi connectivity index (χ1) is 9.94. The van der Waals surface area contributed by atoms with Crippen LogP contribution in [0.25, 0.3) is 0 Å². The van der Waals surface area contributed by atoms with Crippen LogP contribution in [-0.2, 0) is 4.74 Å². The van der Waals surface area contributed by atoms with Crippen molar-refractivity contribution in [1.82, 2.24) is 0 Å². The molecule has 118 valence electrons. The van der Waals surface area contributed by atoms with Crippen molar-refractivity contribution in [1.29, 1.82) is 0 Å². The number of hydrogen-bond acceptors (Lipinski definition) is 1. The molecular weight excluding hydrogens is 411 g/mol. The van der Waals surface area contributed by atoms with Crippen molar-refractivity contribution in [2.75, 3.05) is 6.61 Å². The van der Waals surface area contributed by atoms with Gasteiger partial charge in [0.15, 0.2) is 0 Å². The van der Waals surface area contributed by atoms with E-state index in [-0.39, 0.29) is 0 Å². The summed E-state index contributed by atoms with van der Waals surface area (Å²) in [7, 11) is 0. The van der Waals surface area contributed by atoms with Crippen molar-refractivity contribution < 1.29 is 4.74 Å².